The van der Waals surface area contributed by atoms with Crippen molar-refractivity contribution in [2.24, 2.45) is 0 Å². The summed E-state index contributed by atoms with van der Waals surface area (Å²) >= 11 is 0. The van der Waals surface area contributed by atoms with E-state index in [1.165, 1.54) is 18.9 Å². The third kappa shape index (κ3) is 3.29. The molecule has 6 nitrogen and oxygen atoms in total. The lowest BCUT2D eigenvalue weighted by Crippen LogP contribution is -2.40. The van der Waals surface area contributed by atoms with E-state index in [0.29, 0.717) is 11.6 Å². The lowest BCUT2D eigenvalue weighted by atomic mass is 10.1. The molecular formula is C19H23N3O3. The SMILES string of the molecule is CC(C(=O)O)N(C)C(=O)c1cnn(C2CCCC2)c1-c1ccccc1. The first-order valence-electron chi connectivity index (χ1n) is 8.63. The average molecular weight is 341 g/mol. The van der Waals surface area contributed by atoms with Crippen molar-refractivity contribution >= 4 is 11.9 Å². The average Bonchev–Trinajstić information content (AvgIpc) is 3.29. The first-order valence-corrected chi connectivity index (χ1v) is 8.63. The quantitative estimate of drug-likeness (QED) is 0.906. The molecule has 0 saturated heterocycles. The Labute approximate surface area is 147 Å². The van der Waals surface area contributed by atoms with E-state index in [9.17, 15) is 14.7 Å². The molecule has 1 N–H and O–H groups in total. The van der Waals surface area contributed by atoms with Gasteiger partial charge in [0.15, 0.2) is 0 Å². The normalized spacial score (nSPS) is 15.9. The highest BCUT2D eigenvalue weighted by Gasteiger charge is 2.29. The fourth-order valence-corrected chi connectivity index (χ4v) is 3.36. The number of hydrogen-bond donors (Lipinski definition) is 1. The zero-order chi connectivity index (χ0) is 18.0. The Morgan fingerprint density at radius 2 is 1.88 bits per heavy atom. The molecule has 2 aromatic rings. The van der Waals surface area contributed by atoms with Gasteiger partial charge in [0.1, 0.15) is 6.04 Å². The number of carboxylic acids is 1. The van der Waals surface area contributed by atoms with Crippen LogP contribution in [0.5, 0.6) is 0 Å². The molecule has 0 aliphatic heterocycles. The van der Waals surface area contributed by atoms with Crippen LogP contribution in [0.4, 0.5) is 0 Å². The fourth-order valence-electron chi connectivity index (χ4n) is 3.36. The van der Waals surface area contributed by atoms with Gasteiger partial charge in [-0.25, -0.2) is 4.79 Å². The molecule has 0 radical (unpaired) electrons. The summed E-state index contributed by atoms with van der Waals surface area (Å²) in [6, 6.07) is 9.10. The second kappa shape index (κ2) is 7.09. The van der Waals surface area contributed by atoms with Gasteiger partial charge in [0, 0.05) is 12.6 Å². The largest absolute Gasteiger partial charge is 0.480 e. The zero-order valence-electron chi connectivity index (χ0n) is 14.6. The molecule has 1 unspecified atom stereocenters. The van der Waals surface area contributed by atoms with Crippen LogP contribution in [0.25, 0.3) is 11.3 Å². The first-order chi connectivity index (χ1) is 12.0. The molecule has 132 valence electrons. The summed E-state index contributed by atoms with van der Waals surface area (Å²) in [7, 11) is 1.52. The van der Waals surface area contributed by atoms with Crippen LogP contribution in [0.15, 0.2) is 36.5 Å². The summed E-state index contributed by atoms with van der Waals surface area (Å²) in [6.07, 6.45) is 6.01. The van der Waals surface area contributed by atoms with Gasteiger partial charge in [-0.15, -0.1) is 0 Å². The van der Waals surface area contributed by atoms with Crippen LogP contribution < -0.4 is 0 Å². The number of nitrogens with zero attached hydrogens (tertiary/aromatic N) is 3. The number of carbonyl (C=O) groups excluding carboxylic acids is 1. The lowest BCUT2D eigenvalue weighted by Gasteiger charge is -2.22. The smallest absolute Gasteiger partial charge is 0.326 e. The predicted molar refractivity (Wildman–Crippen MR) is 94.4 cm³/mol. The van der Waals surface area contributed by atoms with Crippen molar-refractivity contribution in [1.82, 2.24) is 14.7 Å². The Morgan fingerprint density at radius 3 is 2.48 bits per heavy atom. The van der Waals surface area contributed by atoms with Crippen LogP contribution in [0.3, 0.4) is 0 Å². The van der Waals surface area contributed by atoms with Gasteiger partial charge >= 0.3 is 5.97 Å². The minimum absolute atomic E-state index is 0.291. The Morgan fingerprint density at radius 1 is 1.24 bits per heavy atom. The molecule has 3 rings (SSSR count). The first kappa shape index (κ1) is 17.2. The summed E-state index contributed by atoms with van der Waals surface area (Å²) in [6.45, 7) is 1.50. The Balaban J connectivity index is 2.05. The van der Waals surface area contributed by atoms with E-state index in [4.69, 9.17) is 0 Å². The van der Waals surface area contributed by atoms with E-state index in [-0.39, 0.29) is 5.91 Å². The van der Waals surface area contributed by atoms with Crippen LogP contribution in [-0.4, -0.2) is 44.8 Å². The number of hydrogen-bond acceptors (Lipinski definition) is 3. The Kier molecular flexibility index (Phi) is 4.88. The van der Waals surface area contributed by atoms with E-state index in [0.717, 1.165) is 36.9 Å². The summed E-state index contributed by atoms with van der Waals surface area (Å²) in [5.41, 5.74) is 2.15. The predicted octanol–water partition coefficient (Wildman–Crippen LogP) is 3.21. The number of amides is 1. The molecule has 1 aliphatic carbocycles. The maximum Gasteiger partial charge on any atom is 0.326 e. The standard InChI is InChI=1S/C19H23N3O3/c1-13(19(24)25)21(2)18(23)16-12-20-22(15-10-6-7-11-15)17(16)14-8-4-3-5-9-14/h3-5,8-9,12-13,15H,6-7,10-11H2,1-2H3,(H,24,25). The molecule has 1 aromatic carbocycles. The molecule has 0 bridgehead atoms. The van der Waals surface area contributed by atoms with E-state index in [1.807, 2.05) is 35.0 Å². The lowest BCUT2D eigenvalue weighted by molar-refractivity contribution is -0.141. The Hall–Kier alpha value is -2.63. The van der Waals surface area contributed by atoms with Crippen LogP contribution >= 0.6 is 0 Å². The molecule has 1 heterocycles. The highest BCUT2D eigenvalue weighted by atomic mass is 16.4. The molecule has 1 atom stereocenters. The maximum absolute atomic E-state index is 12.9. The van der Waals surface area contributed by atoms with Crippen molar-refractivity contribution in [3.05, 3.63) is 42.1 Å². The molecular weight excluding hydrogens is 318 g/mol. The molecule has 1 amide bonds. The van der Waals surface area contributed by atoms with Gasteiger partial charge in [-0.05, 0) is 19.8 Å². The number of likely N-dealkylation sites (N-methyl/N-ethyl adjacent to an activating group) is 1. The van der Waals surface area contributed by atoms with Gasteiger partial charge in [-0.2, -0.15) is 5.10 Å². The van der Waals surface area contributed by atoms with Crippen molar-refractivity contribution in [2.75, 3.05) is 7.05 Å². The second-order valence-electron chi connectivity index (χ2n) is 6.59. The molecule has 6 heteroatoms. The fraction of sp³-hybridized carbons (Fsp3) is 0.421. The van der Waals surface area contributed by atoms with Gasteiger partial charge in [-0.1, -0.05) is 43.2 Å². The van der Waals surface area contributed by atoms with Crippen molar-refractivity contribution in [1.29, 1.82) is 0 Å². The number of aliphatic carboxylic acids is 1. The van der Waals surface area contributed by atoms with E-state index in [2.05, 4.69) is 5.10 Å². The molecule has 1 saturated carbocycles. The van der Waals surface area contributed by atoms with Gasteiger partial charge in [0.2, 0.25) is 0 Å². The van der Waals surface area contributed by atoms with Crippen molar-refractivity contribution in [3.8, 4) is 11.3 Å². The number of carbonyl (C=O) groups is 2. The van der Waals surface area contributed by atoms with Gasteiger partial charge in [0.05, 0.1) is 23.5 Å². The Bertz CT molecular complexity index is 763. The van der Waals surface area contributed by atoms with E-state index >= 15 is 0 Å². The molecule has 0 spiro atoms. The van der Waals surface area contributed by atoms with Gasteiger partial charge < -0.3 is 10.0 Å². The monoisotopic (exact) mass is 341 g/mol. The van der Waals surface area contributed by atoms with Crippen molar-refractivity contribution in [3.63, 3.8) is 0 Å². The topological polar surface area (TPSA) is 75.4 Å². The number of carboxylic acid groups (broad SMARTS) is 1. The van der Waals surface area contributed by atoms with Crippen molar-refractivity contribution in [2.45, 2.75) is 44.7 Å². The number of benzene rings is 1. The molecule has 1 aromatic heterocycles. The molecule has 1 aliphatic rings. The van der Waals surface area contributed by atoms with Crippen LogP contribution in [0.2, 0.25) is 0 Å². The van der Waals surface area contributed by atoms with Crippen LogP contribution in [0, 0.1) is 0 Å². The summed E-state index contributed by atoms with van der Waals surface area (Å²) in [4.78, 5) is 25.4. The second-order valence-corrected chi connectivity index (χ2v) is 6.59. The van der Waals surface area contributed by atoms with E-state index < -0.39 is 12.0 Å². The number of aromatic nitrogens is 2. The summed E-state index contributed by atoms with van der Waals surface area (Å²) in [5.74, 6) is -1.35. The van der Waals surface area contributed by atoms with Crippen LogP contribution in [0.1, 0.15) is 49.0 Å². The zero-order valence-corrected chi connectivity index (χ0v) is 14.6. The summed E-state index contributed by atoms with van der Waals surface area (Å²) < 4.78 is 1.95. The van der Waals surface area contributed by atoms with Crippen molar-refractivity contribution < 1.29 is 14.7 Å². The minimum atomic E-state index is -1.03. The highest BCUT2D eigenvalue weighted by molar-refractivity contribution is 6.01. The molecule has 25 heavy (non-hydrogen) atoms. The third-order valence-corrected chi connectivity index (χ3v) is 5.00. The van der Waals surface area contributed by atoms with Gasteiger partial charge in [0.25, 0.3) is 5.91 Å². The maximum atomic E-state index is 12.9. The highest BCUT2D eigenvalue weighted by Crippen LogP contribution is 2.35. The van der Waals surface area contributed by atoms with Crippen LogP contribution in [-0.2, 0) is 4.79 Å². The number of rotatable bonds is 5. The summed E-state index contributed by atoms with van der Waals surface area (Å²) in [5, 5.41) is 13.7. The third-order valence-electron chi connectivity index (χ3n) is 5.00. The van der Waals surface area contributed by atoms with E-state index in [1.54, 1.807) is 6.20 Å². The molecule has 1 fully saturated rings. The van der Waals surface area contributed by atoms with Gasteiger partial charge in [-0.3, -0.25) is 9.48 Å². The minimum Gasteiger partial charge on any atom is -0.480 e.